The summed E-state index contributed by atoms with van der Waals surface area (Å²) in [6.07, 6.45) is 5.06. The van der Waals surface area contributed by atoms with E-state index in [-0.39, 0.29) is 6.61 Å². The van der Waals surface area contributed by atoms with Crippen molar-refractivity contribution in [1.82, 2.24) is 14.4 Å². The van der Waals surface area contributed by atoms with Crippen LogP contribution in [0.25, 0.3) is 5.65 Å². The Hall–Kier alpha value is -0.940. The van der Waals surface area contributed by atoms with Crippen molar-refractivity contribution in [2.24, 2.45) is 0 Å². The first-order valence-corrected chi connectivity index (χ1v) is 4.18. The van der Waals surface area contributed by atoms with Gasteiger partial charge in [-0.25, -0.2) is 9.97 Å². The molecule has 0 amide bonds. The van der Waals surface area contributed by atoms with Gasteiger partial charge in [0.25, 0.3) is 0 Å². The molecule has 0 unspecified atom stereocenters. The van der Waals surface area contributed by atoms with E-state index < -0.39 is 0 Å². The number of rotatable bonds is 1. The van der Waals surface area contributed by atoms with E-state index in [9.17, 15) is 0 Å². The summed E-state index contributed by atoms with van der Waals surface area (Å²) >= 11 is 3.31. The predicted molar refractivity (Wildman–Crippen MR) is 46.6 cm³/mol. The van der Waals surface area contributed by atoms with Crippen molar-refractivity contribution in [3.05, 3.63) is 28.9 Å². The SMILES string of the molecule is OCc1cn2cncc(Br)c2n1. The first-order chi connectivity index (χ1) is 5.81. The van der Waals surface area contributed by atoms with Gasteiger partial charge in [0.2, 0.25) is 0 Å². The van der Waals surface area contributed by atoms with E-state index in [1.807, 2.05) is 0 Å². The molecule has 2 heterocycles. The van der Waals surface area contributed by atoms with E-state index in [2.05, 4.69) is 25.9 Å². The lowest BCUT2D eigenvalue weighted by atomic mass is 10.5. The standard InChI is InChI=1S/C7H6BrN3O/c8-6-1-9-4-11-2-5(3-12)10-7(6)11/h1-2,4,12H,3H2. The molecule has 2 rings (SSSR count). The molecule has 4 nitrogen and oxygen atoms in total. The zero-order chi connectivity index (χ0) is 8.55. The lowest BCUT2D eigenvalue weighted by molar-refractivity contribution is 0.277. The molecule has 2 aromatic rings. The maximum atomic E-state index is 8.82. The van der Waals surface area contributed by atoms with Crippen molar-refractivity contribution in [3.8, 4) is 0 Å². The molecule has 0 aliphatic rings. The van der Waals surface area contributed by atoms with Crippen LogP contribution in [0.4, 0.5) is 0 Å². The van der Waals surface area contributed by atoms with E-state index >= 15 is 0 Å². The molecule has 5 heteroatoms. The van der Waals surface area contributed by atoms with Crippen molar-refractivity contribution in [2.45, 2.75) is 6.61 Å². The molecule has 0 saturated carbocycles. The van der Waals surface area contributed by atoms with Gasteiger partial charge in [-0.3, -0.25) is 4.40 Å². The van der Waals surface area contributed by atoms with Crippen LogP contribution in [0, 0.1) is 0 Å². The maximum Gasteiger partial charge on any atom is 0.154 e. The second-order valence-electron chi connectivity index (χ2n) is 2.36. The molecule has 0 aliphatic heterocycles. The predicted octanol–water partition coefficient (Wildman–Crippen LogP) is 0.984. The fourth-order valence-corrected chi connectivity index (χ4v) is 1.43. The van der Waals surface area contributed by atoms with Crippen LogP contribution in [0.3, 0.4) is 0 Å². The number of fused-ring (bicyclic) bond motifs is 1. The van der Waals surface area contributed by atoms with Gasteiger partial charge in [0.05, 0.1) is 16.8 Å². The zero-order valence-corrected chi connectivity index (χ0v) is 7.69. The molecule has 0 spiro atoms. The monoisotopic (exact) mass is 227 g/mol. The first kappa shape index (κ1) is 7.70. The molecule has 0 fully saturated rings. The molecule has 62 valence electrons. The Balaban J connectivity index is 2.74. The van der Waals surface area contributed by atoms with Crippen molar-refractivity contribution in [1.29, 1.82) is 0 Å². The van der Waals surface area contributed by atoms with E-state index in [4.69, 9.17) is 5.11 Å². The van der Waals surface area contributed by atoms with Gasteiger partial charge < -0.3 is 5.11 Å². The highest BCUT2D eigenvalue weighted by atomic mass is 79.9. The molecule has 0 aromatic carbocycles. The third kappa shape index (κ3) is 1.11. The molecule has 0 aliphatic carbocycles. The minimum atomic E-state index is -0.0475. The Labute approximate surface area is 77.0 Å². The molecular weight excluding hydrogens is 222 g/mol. The van der Waals surface area contributed by atoms with Gasteiger partial charge in [-0.1, -0.05) is 0 Å². The van der Waals surface area contributed by atoms with Crippen LogP contribution in [0.5, 0.6) is 0 Å². The quantitative estimate of drug-likeness (QED) is 0.791. The third-order valence-corrected chi connectivity index (χ3v) is 2.10. The molecule has 1 N–H and O–H groups in total. The van der Waals surface area contributed by atoms with Crippen molar-refractivity contribution in [3.63, 3.8) is 0 Å². The van der Waals surface area contributed by atoms with Gasteiger partial charge in [0.1, 0.15) is 6.33 Å². The van der Waals surface area contributed by atoms with Crippen LogP contribution in [-0.4, -0.2) is 19.5 Å². The van der Waals surface area contributed by atoms with Crippen LogP contribution in [0.2, 0.25) is 0 Å². The van der Waals surface area contributed by atoms with Crippen molar-refractivity contribution >= 4 is 21.6 Å². The average molecular weight is 228 g/mol. The second-order valence-corrected chi connectivity index (χ2v) is 3.22. The topological polar surface area (TPSA) is 50.4 Å². The summed E-state index contributed by atoms with van der Waals surface area (Å²) in [6, 6.07) is 0. The number of aromatic nitrogens is 3. The number of aliphatic hydroxyl groups excluding tert-OH is 1. The normalized spacial score (nSPS) is 10.8. The Morgan fingerprint density at radius 1 is 1.58 bits per heavy atom. The molecule has 12 heavy (non-hydrogen) atoms. The van der Waals surface area contributed by atoms with Gasteiger partial charge >= 0.3 is 0 Å². The fraction of sp³-hybridized carbons (Fsp3) is 0.143. The minimum absolute atomic E-state index is 0.0475. The summed E-state index contributed by atoms with van der Waals surface area (Å²) in [4.78, 5) is 8.11. The van der Waals surface area contributed by atoms with Crippen LogP contribution in [0.15, 0.2) is 23.2 Å². The van der Waals surface area contributed by atoms with Crippen LogP contribution in [-0.2, 0) is 6.61 Å². The van der Waals surface area contributed by atoms with Crippen LogP contribution in [0.1, 0.15) is 5.69 Å². The highest BCUT2D eigenvalue weighted by molar-refractivity contribution is 9.10. The van der Waals surface area contributed by atoms with Gasteiger partial charge in [0.15, 0.2) is 5.65 Å². The van der Waals surface area contributed by atoms with E-state index in [0.717, 1.165) is 10.1 Å². The number of imidazole rings is 1. The Bertz CT molecular complexity index is 412. The third-order valence-electron chi connectivity index (χ3n) is 1.54. The number of hydrogen-bond acceptors (Lipinski definition) is 3. The molecule has 2 aromatic heterocycles. The zero-order valence-electron chi connectivity index (χ0n) is 6.11. The summed E-state index contributed by atoms with van der Waals surface area (Å²) < 4.78 is 2.58. The lowest BCUT2D eigenvalue weighted by Gasteiger charge is -1.91. The Morgan fingerprint density at radius 3 is 3.08 bits per heavy atom. The highest BCUT2D eigenvalue weighted by Crippen LogP contribution is 2.15. The lowest BCUT2D eigenvalue weighted by Crippen LogP contribution is -1.84. The molecule has 0 bridgehead atoms. The Kier molecular flexibility index (Phi) is 1.82. The van der Waals surface area contributed by atoms with Gasteiger partial charge in [-0.05, 0) is 15.9 Å². The number of halogens is 1. The van der Waals surface area contributed by atoms with E-state index in [1.165, 1.54) is 0 Å². The maximum absolute atomic E-state index is 8.82. The second kappa shape index (κ2) is 2.84. The molecule has 0 saturated heterocycles. The van der Waals surface area contributed by atoms with Gasteiger partial charge in [-0.15, -0.1) is 0 Å². The smallest absolute Gasteiger partial charge is 0.154 e. The summed E-state index contributed by atoms with van der Waals surface area (Å²) in [6.45, 7) is -0.0475. The van der Waals surface area contributed by atoms with Gasteiger partial charge in [-0.2, -0.15) is 0 Å². The van der Waals surface area contributed by atoms with Crippen molar-refractivity contribution in [2.75, 3.05) is 0 Å². The van der Waals surface area contributed by atoms with E-state index in [1.54, 1.807) is 23.1 Å². The number of hydrogen-bond donors (Lipinski definition) is 1. The fourth-order valence-electron chi connectivity index (χ4n) is 1.01. The minimum Gasteiger partial charge on any atom is -0.390 e. The van der Waals surface area contributed by atoms with Gasteiger partial charge in [0, 0.05) is 12.4 Å². The average Bonchev–Trinajstić information content (AvgIpc) is 2.49. The first-order valence-electron chi connectivity index (χ1n) is 3.39. The summed E-state index contributed by atoms with van der Waals surface area (Å²) in [5.41, 5.74) is 1.41. The van der Waals surface area contributed by atoms with Crippen LogP contribution >= 0.6 is 15.9 Å². The number of aliphatic hydroxyl groups is 1. The van der Waals surface area contributed by atoms with Crippen LogP contribution < -0.4 is 0 Å². The molecule has 0 atom stereocenters. The van der Waals surface area contributed by atoms with Crippen molar-refractivity contribution < 1.29 is 5.11 Å². The summed E-state index contributed by atoms with van der Waals surface area (Å²) in [5.74, 6) is 0. The molecular formula is C7H6BrN3O. The van der Waals surface area contributed by atoms with E-state index in [0.29, 0.717) is 5.69 Å². The highest BCUT2D eigenvalue weighted by Gasteiger charge is 2.02. The largest absolute Gasteiger partial charge is 0.390 e. The summed E-state index contributed by atoms with van der Waals surface area (Å²) in [5, 5.41) is 8.82. The molecule has 0 radical (unpaired) electrons. The summed E-state index contributed by atoms with van der Waals surface area (Å²) in [7, 11) is 0. The number of nitrogens with zero attached hydrogens (tertiary/aromatic N) is 3. The Morgan fingerprint density at radius 2 is 2.42 bits per heavy atom.